The van der Waals surface area contributed by atoms with Gasteiger partial charge in [0, 0.05) is 24.7 Å². The quantitative estimate of drug-likeness (QED) is 0.814. The first kappa shape index (κ1) is 14.1. The molecule has 2 aromatic rings. The topological polar surface area (TPSA) is 42.4 Å². The van der Waals surface area contributed by atoms with E-state index in [1.54, 1.807) is 5.51 Å². The van der Waals surface area contributed by atoms with Gasteiger partial charge in [-0.15, -0.1) is 11.3 Å². The van der Waals surface area contributed by atoms with Crippen molar-refractivity contribution in [1.82, 2.24) is 4.98 Å². The lowest BCUT2D eigenvalue weighted by Gasteiger charge is -2.18. The second-order valence-electron chi connectivity index (χ2n) is 5.30. The predicted octanol–water partition coefficient (Wildman–Crippen LogP) is 3.13. The van der Waals surface area contributed by atoms with Gasteiger partial charge in [0.15, 0.2) is 0 Å². The van der Waals surface area contributed by atoms with Crippen molar-refractivity contribution in [1.29, 1.82) is 0 Å². The molecule has 0 bridgehead atoms. The van der Waals surface area contributed by atoms with E-state index in [4.69, 9.17) is 4.74 Å². The fourth-order valence-corrected chi connectivity index (χ4v) is 3.29. The highest BCUT2D eigenvalue weighted by molar-refractivity contribution is 7.11. The third-order valence-electron chi connectivity index (χ3n) is 3.79. The maximum atomic E-state index is 12.0. The van der Waals surface area contributed by atoms with E-state index < -0.39 is 0 Å². The van der Waals surface area contributed by atoms with Crippen LogP contribution >= 0.6 is 11.3 Å². The van der Waals surface area contributed by atoms with Crippen LogP contribution in [0.3, 0.4) is 0 Å². The molecule has 21 heavy (non-hydrogen) atoms. The second-order valence-corrected chi connectivity index (χ2v) is 6.16. The molecule has 1 aliphatic rings. The normalized spacial score (nSPS) is 18.0. The van der Waals surface area contributed by atoms with Gasteiger partial charge >= 0.3 is 5.97 Å². The monoisotopic (exact) mass is 302 g/mol. The predicted molar refractivity (Wildman–Crippen MR) is 83.9 cm³/mol. The average Bonchev–Trinajstić information content (AvgIpc) is 3.15. The molecule has 0 aliphatic carbocycles. The lowest BCUT2D eigenvalue weighted by atomic mass is 10.1. The maximum absolute atomic E-state index is 12.0. The molecule has 0 radical (unpaired) electrons. The summed E-state index contributed by atoms with van der Waals surface area (Å²) in [6.07, 6.45) is 1.06. The standard InChI is InChI=1S/C16H18N2O2S/c1-12-15(21-11-17-12)16(19)20-10-13-7-8-18(9-13)14-5-3-2-4-6-14/h2-6,11,13H,7-10H2,1H3/t13-/m0/s1. The number of anilines is 1. The molecule has 1 fully saturated rings. The van der Waals surface area contributed by atoms with Crippen molar-refractivity contribution < 1.29 is 9.53 Å². The van der Waals surface area contributed by atoms with Crippen LogP contribution in [0, 0.1) is 12.8 Å². The summed E-state index contributed by atoms with van der Waals surface area (Å²) in [7, 11) is 0. The molecule has 1 aromatic carbocycles. The molecule has 0 N–H and O–H groups in total. The minimum atomic E-state index is -0.242. The number of para-hydroxylation sites is 1. The first-order valence-electron chi connectivity index (χ1n) is 7.11. The van der Waals surface area contributed by atoms with Crippen molar-refractivity contribution in [2.45, 2.75) is 13.3 Å². The SMILES string of the molecule is Cc1ncsc1C(=O)OC[C@H]1CCN(c2ccccc2)C1. The Morgan fingerprint density at radius 3 is 2.95 bits per heavy atom. The van der Waals surface area contributed by atoms with Gasteiger partial charge in [0.05, 0.1) is 17.8 Å². The number of hydrogen-bond acceptors (Lipinski definition) is 5. The van der Waals surface area contributed by atoms with Crippen LogP contribution in [-0.2, 0) is 4.74 Å². The molecule has 5 heteroatoms. The first-order chi connectivity index (χ1) is 10.2. The first-order valence-corrected chi connectivity index (χ1v) is 7.99. The van der Waals surface area contributed by atoms with Crippen LogP contribution in [-0.4, -0.2) is 30.6 Å². The zero-order chi connectivity index (χ0) is 14.7. The lowest BCUT2D eigenvalue weighted by molar-refractivity contribution is 0.0456. The highest BCUT2D eigenvalue weighted by Gasteiger charge is 2.24. The summed E-state index contributed by atoms with van der Waals surface area (Å²) < 4.78 is 5.44. The summed E-state index contributed by atoms with van der Waals surface area (Å²) in [5.41, 5.74) is 3.67. The summed E-state index contributed by atoms with van der Waals surface area (Å²) in [6.45, 7) is 4.28. The van der Waals surface area contributed by atoms with E-state index in [-0.39, 0.29) is 5.97 Å². The van der Waals surface area contributed by atoms with Crippen LogP contribution in [0.1, 0.15) is 21.8 Å². The Kier molecular flexibility index (Phi) is 4.20. The van der Waals surface area contributed by atoms with E-state index in [1.165, 1.54) is 17.0 Å². The van der Waals surface area contributed by atoms with Gasteiger partial charge in [0.25, 0.3) is 0 Å². The fourth-order valence-electron chi connectivity index (χ4n) is 2.60. The van der Waals surface area contributed by atoms with Crippen molar-refractivity contribution in [3.63, 3.8) is 0 Å². The van der Waals surface area contributed by atoms with Crippen molar-refractivity contribution in [3.05, 3.63) is 46.4 Å². The highest BCUT2D eigenvalue weighted by atomic mass is 32.1. The molecule has 4 nitrogen and oxygen atoms in total. The minimum Gasteiger partial charge on any atom is -0.461 e. The zero-order valence-corrected chi connectivity index (χ0v) is 12.8. The Morgan fingerprint density at radius 1 is 1.43 bits per heavy atom. The number of carbonyl (C=O) groups is 1. The average molecular weight is 302 g/mol. The second kappa shape index (κ2) is 6.26. The van der Waals surface area contributed by atoms with E-state index in [9.17, 15) is 4.79 Å². The lowest BCUT2D eigenvalue weighted by Crippen LogP contribution is -2.21. The van der Waals surface area contributed by atoms with Gasteiger partial charge in [-0.05, 0) is 25.5 Å². The van der Waals surface area contributed by atoms with Gasteiger partial charge in [-0.1, -0.05) is 18.2 Å². The molecule has 1 saturated heterocycles. The molecule has 0 unspecified atom stereocenters. The van der Waals surface area contributed by atoms with Crippen molar-refractivity contribution in [2.24, 2.45) is 5.92 Å². The van der Waals surface area contributed by atoms with E-state index in [2.05, 4.69) is 34.1 Å². The van der Waals surface area contributed by atoms with E-state index in [0.29, 0.717) is 17.4 Å². The van der Waals surface area contributed by atoms with Gasteiger partial charge in [-0.3, -0.25) is 0 Å². The summed E-state index contributed by atoms with van der Waals surface area (Å²) in [5.74, 6) is 0.163. The highest BCUT2D eigenvalue weighted by Crippen LogP contribution is 2.24. The molecule has 1 aromatic heterocycles. The molecular weight excluding hydrogens is 284 g/mol. The Balaban J connectivity index is 1.52. The summed E-state index contributed by atoms with van der Waals surface area (Å²) in [6, 6.07) is 10.4. The van der Waals surface area contributed by atoms with Crippen molar-refractivity contribution in [2.75, 3.05) is 24.6 Å². The van der Waals surface area contributed by atoms with Crippen LogP contribution < -0.4 is 4.90 Å². The zero-order valence-electron chi connectivity index (χ0n) is 12.0. The number of aryl methyl sites for hydroxylation is 1. The number of aromatic nitrogens is 1. The largest absolute Gasteiger partial charge is 0.461 e. The van der Waals surface area contributed by atoms with Gasteiger partial charge < -0.3 is 9.64 Å². The van der Waals surface area contributed by atoms with Gasteiger partial charge in [-0.2, -0.15) is 0 Å². The van der Waals surface area contributed by atoms with Gasteiger partial charge in [-0.25, -0.2) is 9.78 Å². The van der Waals surface area contributed by atoms with Crippen LogP contribution in [0.25, 0.3) is 0 Å². The van der Waals surface area contributed by atoms with E-state index >= 15 is 0 Å². The number of thiazole rings is 1. The fraction of sp³-hybridized carbons (Fsp3) is 0.375. The number of hydrogen-bond donors (Lipinski definition) is 0. The number of nitrogens with zero attached hydrogens (tertiary/aromatic N) is 2. The smallest absolute Gasteiger partial charge is 0.350 e. The van der Waals surface area contributed by atoms with E-state index in [1.807, 2.05) is 13.0 Å². The molecule has 2 heterocycles. The molecule has 0 amide bonds. The van der Waals surface area contributed by atoms with Gasteiger partial charge in [0.1, 0.15) is 4.88 Å². The van der Waals surface area contributed by atoms with Crippen molar-refractivity contribution >= 4 is 23.0 Å². The molecule has 1 aliphatic heterocycles. The minimum absolute atomic E-state index is 0.242. The van der Waals surface area contributed by atoms with Crippen LogP contribution in [0.5, 0.6) is 0 Å². The third-order valence-corrected chi connectivity index (χ3v) is 4.70. The Hall–Kier alpha value is -1.88. The third kappa shape index (κ3) is 3.24. The van der Waals surface area contributed by atoms with Gasteiger partial charge in [0.2, 0.25) is 0 Å². The van der Waals surface area contributed by atoms with Crippen LogP contribution in [0.4, 0.5) is 5.69 Å². The molecule has 3 rings (SSSR count). The summed E-state index contributed by atoms with van der Waals surface area (Å²) in [4.78, 5) is 19.0. The number of esters is 1. The van der Waals surface area contributed by atoms with Crippen LogP contribution in [0.2, 0.25) is 0 Å². The molecular formula is C16H18N2O2S. The Morgan fingerprint density at radius 2 is 2.24 bits per heavy atom. The van der Waals surface area contributed by atoms with Crippen LogP contribution in [0.15, 0.2) is 35.8 Å². The number of rotatable bonds is 4. The molecule has 110 valence electrons. The Bertz CT molecular complexity index is 612. The molecule has 0 saturated carbocycles. The van der Waals surface area contributed by atoms with E-state index in [0.717, 1.165) is 25.2 Å². The number of carbonyl (C=O) groups excluding carboxylic acids is 1. The maximum Gasteiger partial charge on any atom is 0.350 e. The van der Waals surface area contributed by atoms with Crippen molar-refractivity contribution in [3.8, 4) is 0 Å². The number of benzene rings is 1. The summed E-state index contributed by atoms with van der Waals surface area (Å²) >= 11 is 1.34. The molecule has 1 atom stereocenters. The summed E-state index contributed by atoms with van der Waals surface area (Å²) in [5, 5.41) is 0. The Labute approximate surface area is 128 Å². The molecule has 0 spiro atoms. The number of ether oxygens (including phenoxy) is 1.